The van der Waals surface area contributed by atoms with Crippen LogP contribution in [-0.4, -0.2) is 113 Å². The van der Waals surface area contributed by atoms with Gasteiger partial charge in [0, 0.05) is 53.7 Å². The van der Waals surface area contributed by atoms with Crippen LogP contribution in [0.3, 0.4) is 0 Å². The second kappa shape index (κ2) is 19.4. The van der Waals surface area contributed by atoms with Crippen LogP contribution in [0.2, 0.25) is 0 Å². The average Bonchev–Trinajstić information content (AvgIpc) is 3.91. The monoisotopic (exact) mass is 887 g/mol. The predicted octanol–water partition coefficient (Wildman–Crippen LogP) is 4.70. The van der Waals surface area contributed by atoms with Crippen LogP contribution >= 0.6 is 11.3 Å². The van der Waals surface area contributed by atoms with Crippen molar-refractivity contribution in [3.63, 3.8) is 0 Å². The third-order valence-electron chi connectivity index (χ3n) is 12.3. The molecular formula is C44H57N9O9S. The van der Waals surface area contributed by atoms with Crippen molar-refractivity contribution in [2.75, 3.05) is 32.2 Å². The first kappa shape index (κ1) is 43.9. The number of ether oxygens (including phenoxy) is 4. The number of carbonyl (C=O) groups is 5. The molecule has 6 amide bonds. The molecule has 6 atom stereocenters. The summed E-state index contributed by atoms with van der Waals surface area (Å²) < 4.78 is 22.9. The highest BCUT2D eigenvalue weighted by molar-refractivity contribution is 7.14. The fourth-order valence-corrected chi connectivity index (χ4v) is 9.72. The van der Waals surface area contributed by atoms with Gasteiger partial charge in [-0.1, -0.05) is 31.4 Å². The zero-order valence-electron chi connectivity index (χ0n) is 35.9. The van der Waals surface area contributed by atoms with Gasteiger partial charge >= 0.3 is 12.1 Å². The predicted molar refractivity (Wildman–Crippen MR) is 234 cm³/mol. The first-order chi connectivity index (χ1) is 30.5. The van der Waals surface area contributed by atoms with Crippen LogP contribution in [0, 0.1) is 5.92 Å². The number of amides is 6. The molecule has 0 radical (unpaired) electrons. The number of aromatic nitrogens is 2. The van der Waals surface area contributed by atoms with Crippen LogP contribution in [0.5, 0.6) is 11.5 Å². The molecule has 2 aromatic heterocycles. The van der Waals surface area contributed by atoms with Gasteiger partial charge < -0.3 is 45.1 Å². The van der Waals surface area contributed by atoms with Crippen LogP contribution in [-0.2, 0) is 23.9 Å². The number of hydrogen-bond acceptors (Lipinski definition) is 13. The van der Waals surface area contributed by atoms with Crippen molar-refractivity contribution in [3.05, 3.63) is 41.8 Å². The molecule has 3 aliphatic heterocycles. The maximum Gasteiger partial charge on any atom is 0.426 e. The minimum absolute atomic E-state index is 0.0224. The van der Waals surface area contributed by atoms with Gasteiger partial charge in [0.15, 0.2) is 5.13 Å². The normalized spacial score (nSPS) is 26.8. The summed E-state index contributed by atoms with van der Waals surface area (Å²) in [7, 11) is 1.58. The smallest absolute Gasteiger partial charge is 0.426 e. The number of methoxy groups -OCH3 is 1. The highest BCUT2D eigenvalue weighted by atomic mass is 32.1. The highest BCUT2D eigenvalue weighted by Gasteiger charge is 2.61. The molecule has 6 N–H and O–H groups in total. The minimum atomic E-state index is -1.40. The van der Waals surface area contributed by atoms with E-state index in [2.05, 4.69) is 32.1 Å². The quantitative estimate of drug-likeness (QED) is 0.121. The minimum Gasteiger partial charge on any atom is -0.497 e. The number of anilines is 1. The van der Waals surface area contributed by atoms with Crippen molar-refractivity contribution in [3.8, 4) is 22.9 Å². The first-order valence-corrected chi connectivity index (χ1v) is 22.9. The molecule has 0 unspecified atom stereocenters. The van der Waals surface area contributed by atoms with Crippen molar-refractivity contribution in [1.29, 1.82) is 0 Å². The summed E-state index contributed by atoms with van der Waals surface area (Å²) in [6.45, 7) is 4.84. The Morgan fingerprint density at radius 1 is 0.984 bits per heavy atom. The molecule has 2 saturated carbocycles. The Morgan fingerprint density at radius 2 is 1.81 bits per heavy atom. The van der Waals surface area contributed by atoms with E-state index in [0.29, 0.717) is 66.1 Å². The number of thiazole rings is 1. The van der Waals surface area contributed by atoms with Gasteiger partial charge in [-0.05, 0) is 64.5 Å². The summed E-state index contributed by atoms with van der Waals surface area (Å²) in [5.41, 5.74) is 5.18. The van der Waals surface area contributed by atoms with E-state index in [4.69, 9.17) is 28.9 Å². The number of fused-ring (bicyclic) bond motifs is 3. The fourth-order valence-electron chi connectivity index (χ4n) is 8.87. The van der Waals surface area contributed by atoms with Gasteiger partial charge in [0.1, 0.15) is 47.0 Å². The number of benzene rings is 1. The van der Waals surface area contributed by atoms with Gasteiger partial charge in [-0.15, -0.1) is 11.3 Å². The zero-order chi connectivity index (χ0) is 44.1. The third-order valence-corrected chi connectivity index (χ3v) is 13.1. The summed E-state index contributed by atoms with van der Waals surface area (Å²) in [5, 5.41) is 15.7. The van der Waals surface area contributed by atoms with Crippen LogP contribution < -0.4 is 41.6 Å². The Bertz CT molecular complexity index is 2210. The number of pyridine rings is 1. The van der Waals surface area contributed by atoms with E-state index < -0.39 is 59.7 Å². The fraction of sp³-hybridized carbons (Fsp3) is 0.568. The van der Waals surface area contributed by atoms with E-state index in [-0.39, 0.29) is 44.0 Å². The molecule has 5 heterocycles. The first-order valence-electron chi connectivity index (χ1n) is 22.1. The Morgan fingerprint density at radius 3 is 2.59 bits per heavy atom. The maximum absolute atomic E-state index is 14.8. The maximum atomic E-state index is 14.8. The number of hydrazine groups is 1. The summed E-state index contributed by atoms with van der Waals surface area (Å²) in [5.74, 6) is -0.880. The number of urea groups is 1. The second-order valence-electron chi connectivity index (χ2n) is 17.3. The molecule has 0 bridgehead atoms. The van der Waals surface area contributed by atoms with Crippen molar-refractivity contribution in [2.45, 2.75) is 126 Å². The van der Waals surface area contributed by atoms with Gasteiger partial charge in [-0.2, -0.15) is 0 Å². The third kappa shape index (κ3) is 10.4. The van der Waals surface area contributed by atoms with Gasteiger partial charge in [0.05, 0.1) is 38.1 Å². The van der Waals surface area contributed by atoms with Gasteiger partial charge in [-0.25, -0.2) is 25.0 Å². The van der Waals surface area contributed by atoms with E-state index in [1.54, 1.807) is 7.11 Å². The number of allylic oxidation sites excluding steroid dienone is 1. The lowest BCUT2D eigenvalue weighted by molar-refractivity contribution is -0.141. The van der Waals surface area contributed by atoms with Crippen molar-refractivity contribution in [2.24, 2.45) is 5.92 Å². The highest BCUT2D eigenvalue weighted by Crippen LogP contribution is 2.46. The molecule has 19 heteroatoms. The van der Waals surface area contributed by atoms with E-state index in [1.807, 2.05) is 55.6 Å². The number of hydrogen-bond donors (Lipinski definition) is 6. The molecular weight excluding hydrogens is 831 g/mol. The van der Waals surface area contributed by atoms with Gasteiger partial charge in [0.25, 0.3) is 5.91 Å². The topological polar surface area (TPSA) is 223 Å². The molecule has 63 heavy (non-hydrogen) atoms. The molecule has 338 valence electrons. The van der Waals surface area contributed by atoms with Crippen LogP contribution in [0.1, 0.15) is 84.5 Å². The second-order valence-corrected chi connectivity index (χ2v) is 18.2. The van der Waals surface area contributed by atoms with E-state index >= 15 is 0 Å². The number of carbonyl (C=O) groups excluding carboxylic acids is 5. The molecule has 3 aromatic rings. The Hall–Kier alpha value is -5.69. The Balaban J connectivity index is 1.08. The lowest BCUT2D eigenvalue weighted by Gasteiger charge is -2.30. The summed E-state index contributed by atoms with van der Waals surface area (Å²) in [6, 6.07) is 5.11. The van der Waals surface area contributed by atoms with Crippen LogP contribution in [0.25, 0.3) is 22.3 Å². The number of nitrogens with zero attached hydrogens (tertiary/aromatic N) is 3. The van der Waals surface area contributed by atoms with E-state index in [0.717, 1.165) is 37.2 Å². The molecule has 4 fully saturated rings. The van der Waals surface area contributed by atoms with Crippen molar-refractivity contribution in [1.82, 2.24) is 41.7 Å². The lowest BCUT2D eigenvalue weighted by Crippen LogP contribution is -2.60. The largest absolute Gasteiger partial charge is 0.497 e. The van der Waals surface area contributed by atoms with Crippen molar-refractivity contribution >= 4 is 57.2 Å². The Labute approximate surface area is 370 Å². The van der Waals surface area contributed by atoms with Gasteiger partial charge in [-0.3, -0.25) is 19.8 Å². The Kier molecular flexibility index (Phi) is 13.5. The van der Waals surface area contributed by atoms with Gasteiger partial charge in [0.2, 0.25) is 11.8 Å². The van der Waals surface area contributed by atoms with Crippen molar-refractivity contribution < 1.29 is 42.9 Å². The average molecular weight is 888 g/mol. The number of rotatable bonds is 10. The molecule has 18 nitrogen and oxygen atoms in total. The summed E-state index contributed by atoms with van der Waals surface area (Å²) in [4.78, 5) is 80.4. The summed E-state index contributed by atoms with van der Waals surface area (Å²) >= 11 is 1.47. The molecule has 2 aliphatic carbocycles. The molecule has 1 aromatic carbocycles. The van der Waals surface area contributed by atoms with E-state index in [1.165, 1.54) is 16.2 Å². The molecule has 5 aliphatic rings. The SMILES string of the molecule is COc1ccc2c(O[C@@H]3C[C@H]4C(=O)N[C@]5(C(=O)NNC(=O)O[C@H]6CCOC6)C[C@H]5/C=C\CCCC[C@H](NC(=O)NC5CCCC5)C(=O)N4C3)cc(-c3csc(NC(C)C)n3)nc2c1. The van der Waals surface area contributed by atoms with Crippen LogP contribution in [0.15, 0.2) is 41.8 Å². The van der Waals surface area contributed by atoms with E-state index in [9.17, 15) is 24.0 Å². The molecule has 2 saturated heterocycles. The lowest BCUT2D eigenvalue weighted by atomic mass is 10.0. The van der Waals surface area contributed by atoms with Crippen LogP contribution in [0.4, 0.5) is 14.7 Å². The number of nitrogens with one attached hydrogen (secondary N) is 6. The molecule has 0 spiro atoms. The zero-order valence-corrected chi connectivity index (χ0v) is 36.7. The standard InChI is InChI=1S/C44H57N9O9S/c1-25(2)45-42-49-35(24-63-42)34-20-37(31-15-14-28(59-3)18-33(31)47-34)61-30-19-36-38(54)50-44(40(56)51-52-43(58)62-29-16-17-60-23-29)21-26(44)10-6-4-5-7-13-32(39(55)53(36)22-30)48-41(57)46-27-11-8-9-12-27/h6,10,14-15,18,20,24-27,29-30,32,36H,4-5,7-9,11-13,16-17,19,21-23H2,1-3H3,(H,45,49)(H,50,54)(H,51,56)(H,52,58)(H2,46,48,57)/b10-6-/t26-,29+,30-,32+,36+,44-/m1/s1. The molecule has 8 rings (SSSR count). The summed E-state index contributed by atoms with van der Waals surface area (Å²) in [6.07, 6.45) is 9.06.